The summed E-state index contributed by atoms with van der Waals surface area (Å²) in [6.07, 6.45) is 6.15. The molecule has 44 heteroatoms. The van der Waals surface area contributed by atoms with Crippen LogP contribution in [0.1, 0.15) is 153 Å². The number of guanidine groups is 1. The second kappa shape index (κ2) is 51.1. The average molecular weight is 1910 g/mol. The number of aromatic hydroxyl groups is 1. The van der Waals surface area contributed by atoms with Gasteiger partial charge in [0.1, 0.15) is 90.3 Å². The Bertz CT molecular complexity index is 5220. The largest absolute Gasteiger partial charge is 0.508 e. The number of nitrogens with zero attached hydrogens (tertiary/aromatic N) is 6. The van der Waals surface area contributed by atoms with Crippen molar-refractivity contribution in [1.29, 1.82) is 5.41 Å². The van der Waals surface area contributed by atoms with Crippen LogP contribution in [0.15, 0.2) is 97.7 Å². The van der Waals surface area contributed by atoms with Gasteiger partial charge in [-0.15, -0.1) is 0 Å². The minimum atomic E-state index is -1.85. The van der Waals surface area contributed by atoms with Crippen LogP contribution in [-0.2, 0) is 107 Å². The summed E-state index contributed by atoms with van der Waals surface area (Å²) in [5.41, 5.74) is 20.0. The number of nitrogens with one attached hydrogen (secondary N) is 15. The molecule has 738 valence electrons. The number of phenolic OH excluding ortho intramolecular Hbond substituents is 1. The Hall–Kier alpha value is -13.7. The maximum Gasteiger partial charge on any atom is 0.246 e. The number of imidazole rings is 1. The third-order valence-corrected chi connectivity index (χ3v) is 25.6. The number of unbranched alkanes of at least 4 members (excludes halogenated alkanes) is 2. The van der Waals surface area contributed by atoms with Gasteiger partial charge in [0.2, 0.25) is 100 Å². The summed E-state index contributed by atoms with van der Waals surface area (Å²) in [6.45, 7) is 6.75. The Morgan fingerprint density at radius 3 is 1.59 bits per heavy atom. The third kappa shape index (κ3) is 29.7. The molecule has 6 aromatic rings. The van der Waals surface area contributed by atoms with Gasteiger partial charge in [0.15, 0.2) is 5.96 Å². The van der Waals surface area contributed by atoms with E-state index in [4.69, 9.17) is 22.6 Å². The lowest BCUT2D eigenvalue weighted by atomic mass is 10.00. The number of H-pyrrole nitrogens is 3. The van der Waals surface area contributed by atoms with Crippen molar-refractivity contribution in [3.8, 4) is 5.75 Å². The van der Waals surface area contributed by atoms with Crippen molar-refractivity contribution in [3.05, 3.63) is 120 Å². The Morgan fingerprint density at radius 2 is 1.03 bits per heavy atom. The van der Waals surface area contributed by atoms with Crippen molar-refractivity contribution in [2.24, 2.45) is 23.1 Å². The minimum absolute atomic E-state index is 0.00426. The molecule has 3 aliphatic heterocycles. The Morgan fingerprint density at radius 1 is 0.522 bits per heavy atom. The number of phenols is 1. The fourth-order valence-electron chi connectivity index (χ4n) is 17.0. The zero-order valence-corrected chi connectivity index (χ0v) is 78.8. The number of rotatable bonds is 26. The molecule has 17 amide bonds. The molecule has 6 heterocycles. The molecule has 14 atom stereocenters. The summed E-state index contributed by atoms with van der Waals surface area (Å²) in [5.74, 6) is -16.4. The number of likely N-dealkylation sites (N-methyl/N-ethyl adjacent to an activating group) is 3. The van der Waals surface area contributed by atoms with Crippen molar-refractivity contribution < 1.29 is 91.7 Å². The van der Waals surface area contributed by atoms with Gasteiger partial charge >= 0.3 is 0 Å². The second-order valence-electron chi connectivity index (χ2n) is 35.1. The van der Waals surface area contributed by atoms with Gasteiger partial charge in [0.05, 0.1) is 31.7 Å². The number of aliphatic hydroxyl groups excluding tert-OH is 1. The maximum atomic E-state index is 15.8. The maximum absolute atomic E-state index is 15.8. The molecule has 0 aliphatic carbocycles. The predicted octanol–water partition coefficient (Wildman–Crippen LogP) is -1.51. The number of aromatic amines is 3. The number of hydrogen-bond acceptors (Lipinski definition) is 22. The van der Waals surface area contributed by atoms with Gasteiger partial charge in [-0.2, -0.15) is 11.8 Å². The first kappa shape index (κ1) is 106. The van der Waals surface area contributed by atoms with E-state index in [0.717, 1.165) is 26.5 Å². The zero-order chi connectivity index (χ0) is 99.1. The lowest BCUT2D eigenvalue weighted by Crippen LogP contribution is -2.62. The van der Waals surface area contributed by atoms with Crippen LogP contribution >= 0.6 is 11.8 Å². The van der Waals surface area contributed by atoms with Gasteiger partial charge in [-0.1, -0.05) is 102 Å². The fraction of sp³-hybridized carbons (Fsp3) is 0.533. The summed E-state index contributed by atoms with van der Waals surface area (Å²) >= 11 is 0.942. The lowest BCUT2D eigenvalue weighted by Gasteiger charge is -2.36. The fourth-order valence-corrected chi connectivity index (χ4v) is 17.8. The molecule has 3 aliphatic rings. The quantitative estimate of drug-likeness (QED) is 0.0167. The minimum Gasteiger partial charge on any atom is -0.508 e. The number of thioether (sulfide) groups is 1. The molecule has 0 saturated carbocycles. The van der Waals surface area contributed by atoms with Crippen molar-refractivity contribution >= 4 is 140 Å². The predicted molar refractivity (Wildman–Crippen MR) is 503 cm³/mol. The summed E-state index contributed by atoms with van der Waals surface area (Å²) in [6, 6.07) is -0.977. The van der Waals surface area contributed by atoms with E-state index in [1.54, 1.807) is 74.8 Å². The van der Waals surface area contributed by atoms with E-state index < -0.39 is 216 Å². The molecule has 43 nitrogen and oxygen atoms in total. The highest BCUT2D eigenvalue weighted by molar-refractivity contribution is 7.99. The van der Waals surface area contributed by atoms with Gasteiger partial charge < -0.3 is 125 Å². The number of amides is 17. The van der Waals surface area contributed by atoms with Crippen LogP contribution in [0.3, 0.4) is 0 Å². The molecule has 9 rings (SSSR count). The first-order valence-electron chi connectivity index (χ1n) is 46.0. The molecular formula is C92H130N24O19S. The third-order valence-electron chi connectivity index (χ3n) is 24.6. The normalized spacial score (nSPS) is 24.2. The molecule has 0 radical (unpaired) electrons. The molecule has 3 aromatic heterocycles. The molecule has 3 fully saturated rings. The van der Waals surface area contributed by atoms with Crippen molar-refractivity contribution in [2.45, 2.75) is 241 Å². The Balaban J connectivity index is 1.09. The molecule has 23 N–H and O–H groups in total. The standard InChI is InChI=1S/C92H130N24O19S/c1-9-11-25-71-84(128)105-62(24-17-34-98-92(95)96)80(124)104-63(79(123)101-47-76(94)120)33-37-136-49-77(121)103-67(39-53-29-31-57(118)32-30-53)87(131)112(6)52(5)78(122)108-69(43-75(93)119)90(134)116-36-19-28-73(116)86(130)107-65(42-56-46-97-50-102-56)82(126)109-66(38-51(3)4)89(133)115-35-18-27-72(115)85(129)106-64(40-54-44-99-60-22-15-13-20-58(54)60)81(125)111-70(48-117)83(127)110-68(41-55-45-100-61-23-16-14-21-59(55)61)88(132)114(8)74(26-12-10-2)91(135)113(71)7/h13-16,20-23,29-32,44-46,50-52,62-74,99-100,117-118H,9-12,17-19,24-28,33-43,47-49H2,1-8H3,(H2,93,119)(H2,94,120)(H,97,102)(H,101,123)(H,103,121)(H,104,124)(H,105,128)(H,106,129)(H,107,130)(H,108,122)(H,109,126)(H,110,127)(H,111,125)(H4,95,96,98)/t52-,62-,63?,64-,65-,66-,67-,68-,69-,70-,71-,72-,73-,74-/m0/s1. The van der Waals surface area contributed by atoms with E-state index >= 15 is 38.4 Å². The van der Waals surface area contributed by atoms with Gasteiger partial charge in [0, 0.05) is 113 Å². The summed E-state index contributed by atoms with van der Waals surface area (Å²) in [7, 11) is 3.97. The van der Waals surface area contributed by atoms with Gasteiger partial charge in [-0.25, -0.2) is 4.98 Å². The molecule has 136 heavy (non-hydrogen) atoms. The van der Waals surface area contributed by atoms with Gasteiger partial charge in [-0.3, -0.25) is 86.9 Å². The van der Waals surface area contributed by atoms with Crippen LogP contribution in [-0.4, -0.2) is 311 Å². The van der Waals surface area contributed by atoms with E-state index in [-0.39, 0.29) is 127 Å². The number of para-hydroxylation sites is 2. The summed E-state index contributed by atoms with van der Waals surface area (Å²) in [5, 5.41) is 60.1. The topological polar surface area (TPSA) is 641 Å². The molecule has 3 saturated heterocycles. The second-order valence-corrected chi connectivity index (χ2v) is 36.2. The van der Waals surface area contributed by atoms with Gasteiger partial charge in [-0.05, 0) is 124 Å². The van der Waals surface area contributed by atoms with E-state index in [2.05, 4.69) is 78.4 Å². The van der Waals surface area contributed by atoms with E-state index in [9.17, 15) is 53.4 Å². The van der Waals surface area contributed by atoms with Crippen LogP contribution in [0.25, 0.3) is 21.8 Å². The molecule has 0 bridgehead atoms. The van der Waals surface area contributed by atoms with Crippen LogP contribution in [0.5, 0.6) is 5.75 Å². The van der Waals surface area contributed by atoms with E-state index in [1.807, 2.05) is 13.8 Å². The molecule has 0 spiro atoms. The van der Waals surface area contributed by atoms with Crippen LogP contribution in [0.2, 0.25) is 0 Å². The van der Waals surface area contributed by atoms with Crippen molar-refractivity contribution in [1.82, 2.24) is 103 Å². The highest BCUT2D eigenvalue weighted by Crippen LogP contribution is 2.28. The van der Waals surface area contributed by atoms with E-state index in [0.29, 0.717) is 69.9 Å². The number of hydrogen-bond donors (Lipinski definition) is 20. The van der Waals surface area contributed by atoms with Crippen molar-refractivity contribution in [2.75, 3.05) is 65.4 Å². The molecule has 1 unspecified atom stereocenters. The first-order chi connectivity index (χ1) is 64.9. The SMILES string of the molecule is CCCC[C@H]1C(=O)N(C)[C@@H](CCCC)C(=O)N[C@@H](CCCNC(=N)N)C(=O)NC(C(=O)NCC(N)=O)CCSCC(=O)N[C@@H](Cc2ccc(O)cc2)C(=O)N(C)[C@@H](C)C(=O)N[C@@H](CC(N)=O)C(=O)N2CCC[C@H]2C(=O)N[C@@H](Cc2cnc[nH]2)C(=O)N[C@@H](CC(C)C)C(=O)N2CCC[C@H]2C(=O)N[C@@H](Cc2c[nH]c3ccccc23)C(=O)N[C@@H](CO)C(=O)N[C@@H](Cc2c[nH]c3ccccc23)C(=O)N1C. The smallest absolute Gasteiger partial charge is 0.246 e. The number of benzene rings is 3. The Kier molecular flexibility index (Phi) is 39.9. The number of primary amides is 2. The van der Waals surface area contributed by atoms with E-state index in [1.165, 1.54) is 74.7 Å². The number of carbonyl (C=O) groups excluding carboxylic acids is 17. The van der Waals surface area contributed by atoms with Crippen LogP contribution < -0.4 is 75.7 Å². The number of carbonyl (C=O) groups is 17. The first-order valence-corrected chi connectivity index (χ1v) is 47.1. The molecule has 3 aromatic carbocycles. The average Bonchev–Trinajstić information content (AvgIpc) is 1.39. The number of aromatic nitrogens is 4. The van der Waals surface area contributed by atoms with Crippen molar-refractivity contribution in [3.63, 3.8) is 0 Å². The highest BCUT2D eigenvalue weighted by atomic mass is 32.2. The number of aliphatic hydroxyl groups is 1. The monoisotopic (exact) mass is 1910 g/mol. The van der Waals surface area contributed by atoms with Gasteiger partial charge in [0.25, 0.3) is 0 Å². The Labute approximate surface area is 791 Å². The number of fused-ring (bicyclic) bond motifs is 4. The lowest BCUT2D eigenvalue weighted by molar-refractivity contribution is -0.149. The molecular weight excluding hydrogens is 1780 g/mol. The summed E-state index contributed by atoms with van der Waals surface area (Å²) in [4.78, 5) is 269. The van der Waals surface area contributed by atoms with Crippen LogP contribution in [0, 0.1) is 11.3 Å². The highest BCUT2D eigenvalue weighted by Gasteiger charge is 2.46. The summed E-state index contributed by atoms with van der Waals surface area (Å²) < 4.78 is 0. The zero-order valence-electron chi connectivity index (χ0n) is 77.9. The number of nitrogens with two attached hydrogens (primary N) is 3. The van der Waals surface area contributed by atoms with Crippen LogP contribution in [0.4, 0.5) is 0 Å².